The molecule has 0 fully saturated rings. The Bertz CT molecular complexity index is 756. The molecule has 0 atom stereocenters. The van der Waals surface area contributed by atoms with Gasteiger partial charge in [0.2, 0.25) is 5.43 Å². The molecule has 4 nitrogen and oxygen atoms in total. The van der Waals surface area contributed by atoms with E-state index in [1.807, 2.05) is 24.3 Å². The normalized spacial score (nSPS) is 10.9. The lowest BCUT2D eigenvalue weighted by Crippen LogP contribution is -2.08. The molecular weight excluding hydrogens is 248 g/mol. The Balaban J connectivity index is 2.26. The third-order valence-electron chi connectivity index (χ3n) is 2.80. The Kier molecular flexibility index (Phi) is 2.41. The molecular formula is C13H10N2O2S. The highest BCUT2D eigenvalue weighted by atomic mass is 32.1. The number of benzene rings is 1. The first-order chi connectivity index (χ1) is 8.66. The van der Waals surface area contributed by atoms with E-state index in [0.717, 1.165) is 15.3 Å². The molecule has 0 spiro atoms. The minimum atomic E-state index is -0.370. The fourth-order valence-electron chi connectivity index (χ4n) is 1.80. The molecule has 1 aromatic carbocycles. The fraction of sp³-hybridized carbons (Fsp3) is 0.0769. The SMILES string of the molecule is Cc1c(O)c(=O)ccn1-c1nc2ccccc2s1. The van der Waals surface area contributed by atoms with Gasteiger partial charge in [-0.05, 0) is 19.1 Å². The van der Waals surface area contributed by atoms with E-state index in [0.29, 0.717) is 5.69 Å². The topological polar surface area (TPSA) is 55.1 Å². The molecule has 0 aliphatic carbocycles. The molecule has 0 aliphatic heterocycles. The number of hydrogen-bond donors (Lipinski definition) is 1. The van der Waals surface area contributed by atoms with Crippen molar-refractivity contribution in [1.82, 2.24) is 9.55 Å². The van der Waals surface area contributed by atoms with Gasteiger partial charge in [-0.25, -0.2) is 4.98 Å². The van der Waals surface area contributed by atoms with Gasteiger partial charge >= 0.3 is 0 Å². The van der Waals surface area contributed by atoms with Crippen LogP contribution in [0.4, 0.5) is 0 Å². The van der Waals surface area contributed by atoms with E-state index in [4.69, 9.17) is 0 Å². The number of thiazole rings is 1. The first kappa shape index (κ1) is 11.0. The number of rotatable bonds is 1. The second-order valence-corrected chi connectivity index (χ2v) is 4.96. The maximum atomic E-state index is 11.3. The molecule has 3 rings (SSSR count). The zero-order chi connectivity index (χ0) is 12.7. The van der Waals surface area contributed by atoms with Crippen LogP contribution in [0.15, 0.2) is 41.3 Å². The van der Waals surface area contributed by atoms with Gasteiger partial charge in [0, 0.05) is 12.3 Å². The molecule has 3 aromatic rings. The number of aromatic hydroxyl groups is 1. The van der Waals surface area contributed by atoms with E-state index < -0.39 is 0 Å². The first-order valence-electron chi connectivity index (χ1n) is 5.44. The smallest absolute Gasteiger partial charge is 0.223 e. The van der Waals surface area contributed by atoms with Crippen LogP contribution in [0.3, 0.4) is 0 Å². The number of aromatic nitrogens is 2. The van der Waals surface area contributed by atoms with Crippen LogP contribution in [0.25, 0.3) is 15.3 Å². The lowest BCUT2D eigenvalue weighted by atomic mass is 10.3. The summed E-state index contributed by atoms with van der Waals surface area (Å²) >= 11 is 1.52. The van der Waals surface area contributed by atoms with Crippen molar-refractivity contribution in [3.63, 3.8) is 0 Å². The number of pyridine rings is 1. The van der Waals surface area contributed by atoms with E-state index in [1.165, 1.54) is 17.4 Å². The van der Waals surface area contributed by atoms with Crippen LogP contribution in [0.5, 0.6) is 5.75 Å². The summed E-state index contributed by atoms with van der Waals surface area (Å²) in [6.07, 6.45) is 1.63. The highest BCUT2D eigenvalue weighted by molar-refractivity contribution is 7.20. The van der Waals surface area contributed by atoms with Crippen LogP contribution in [0.1, 0.15) is 5.69 Å². The molecule has 0 radical (unpaired) electrons. The van der Waals surface area contributed by atoms with Crippen molar-refractivity contribution in [2.24, 2.45) is 0 Å². The Morgan fingerprint density at radius 2 is 2.06 bits per heavy atom. The largest absolute Gasteiger partial charge is 0.503 e. The second kappa shape index (κ2) is 3.96. The molecule has 0 bridgehead atoms. The molecule has 0 unspecified atom stereocenters. The number of nitrogens with zero attached hydrogens (tertiary/aromatic N) is 2. The Labute approximate surface area is 107 Å². The highest BCUT2D eigenvalue weighted by Gasteiger charge is 2.10. The average molecular weight is 258 g/mol. The molecule has 1 N–H and O–H groups in total. The lowest BCUT2D eigenvalue weighted by Gasteiger charge is -2.07. The minimum absolute atomic E-state index is 0.225. The maximum absolute atomic E-state index is 11.3. The fourth-order valence-corrected chi connectivity index (χ4v) is 2.80. The highest BCUT2D eigenvalue weighted by Crippen LogP contribution is 2.26. The van der Waals surface area contributed by atoms with Crippen LogP contribution in [0.2, 0.25) is 0 Å². The quantitative estimate of drug-likeness (QED) is 0.729. The minimum Gasteiger partial charge on any atom is -0.503 e. The van der Waals surface area contributed by atoms with Gasteiger partial charge in [0.05, 0.1) is 15.9 Å². The number of fused-ring (bicyclic) bond motifs is 1. The summed E-state index contributed by atoms with van der Waals surface area (Å²) in [6.45, 7) is 1.70. The predicted octanol–water partition coefficient (Wildman–Crippen LogP) is 2.46. The third-order valence-corrected chi connectivity index (χ3v) is 3.84. The number of hydrogen-bond acceptors (Lipinski definition) is 4. The molecule has 2 aromatic heterocycles. The van der Waals surface area contributed by atoms with Crippen molar-refractivity contribution in [2.45, 2.75) is 6.92 Å². The second-order valence-electron chi connectivity index (χ2n) is 3.95. The van der Waals surface area contributed by atoms with Crippen molar-refractivity contribution >= 4 is 21.6 Å². The van der Waals surface area contributed by atoms with Crippen LogP contribution in [-0.2, 0) is 0 Å². The predicted molar refractivity (Wildman–Crippen MR) is 71.6 cm³/mol. The van der Waals surface area contributed by atoms with Crippen molar-refractivity contribution < 1.29 is 5.11 Å². The van der Waals surface area contributed by atoms with E-state index in [2.05, 4.69) is 4.98 Å². The van der Waals surface area contributed by atoms with Crippen LogP contribution >= 0.6 is 11.3 Å². The summed E-state index contributed by atoms with van der Waals surface area (Å²) in [5.74, 6) is -0.225. The van der Waals surface area contributed by atoms with Crippen molar-refractivity contribution in [1.29, 1.82) is 0 Å². The molecule has 0 saturated heterocycles. The van der Waals surface area contributed by atoms with Gasteiger partial charge in [0.1, 0.15) is 0 Å². The molecule has 0 aliphatic rings. The van der Waals surface area contributed by atoms with Gasteiger partial charge in [-0.3, -0.25) is 9.36 Å². The molecule has 0 amide bonds. The summed E-state index contributed by atoms with van der Waals surface area (Å²) in [4.78, 5) is 15.8. The maximum Gasteiger partial charge on any atom is 0.223 e. The molecule has 90 valence electrons. The zero-order valence-electron chi connectivity index (χ0n) is 9.62. The van der Waals surface area contributed by atoms with Crippen LogP contribution in [0, 0.1) is 6.92 Å². The molecule has 2 heterocycles. The van der Waals surface area contributed by atoms with Gasteiger partial charge in [-0.1, -0.05) is 23.5 Å². The average Bonchev–Trinajstić information content (AvgIpc) is 2.79. The summed E-state index contributed by atoms with van der Waals surface area (Å²) < 4.78 is 2.80. The molecule has 5 heteroatoms. The van der Waals surface area contributed by atoms with Gasteiger partial charge in [0.25, 0.3) is 0 Å². The third kappa shape index (κ3) is 1.60. The van der Waals surface area contributed by atoms with Crippen molar-refractivity contribution in [2.75, 3.05) is 0 Å². The summed E-state index contributed by atoms with van der Waals surface area (Å²) in [5, 5.41) is 10.4. The lowest BCUT2D eigenvalue weighted by molar-refractivity contribution is 0.459. The zero-order valence-corrected chi connectivity index (χ0v) is 10.4. The van der Waals surface area contributed by atoms with Crippen molar-refractivity contribution in [3.8, 4) is 10.9 Å². The summed E-state index contributed by atoms with van der Waals surface area (Å²) in [7, 11) is 0. The molecule has 18 heavy (non-hydrogen) atoms. The standard InChI is InChI=1S/C13H10N2O2S/c1-8-12(17)10(16)6-7-15(8)13-14-9-4-2-3-5-11(9)18-13/h2-7,17H,1H3. The van der Waals surface area contributed by atoms with Gasteiger partial charge in [-0.15, -0.1) is 0 Å². The summed E-state index contributed by atoms with van der Waals surface area (Å²) in [6, 6.07) is 9.16. The van der Waals surface area contributed by atoms with E-state index in [-0.39, 0.29) is 11.2 Å². The molecule has 0 saturated carbocycles. The van der Waals surface area contributed by atoms with Crippen LogP contribution < -0.4 is 5.43 Å². The van der Waals surface area contributed by atoms with E-state index in [1.54, 1.807) is 17.7 Å². The van der Waals surface area contributed by atoms with Gasteiger partial charge in [0.15, 0.2) is 10.9 Å². The Hall–Kier alpha value is -2.14. The Morgan fingerprint density at radius 3 is 2.83 bits per heavy atom. The first-order valence-corrected chi connectivity index (χ1v) is 6.25. The number of para-hydroxylation sites is 1. The Morgan fingerprint density at radius 1 is 1.28 bits per heavy atom. The van der Waals surface area contributed by atoms with E-state index in [9.17, 15) is 9.90 Å². The van der Waals surface area contributed by atoms with Gasteiger partial charge in [-0.2, -0.15) is 0 Å². The monoisotopic (exact) mass is 258 g/mol. The van der Waals surface area contributed by atoms with Crippen molar-refractivity contribution in [3.05, 3.63) is 52.4 Å². The van der Waals surface area contributed by atoms with Crippen LogP contribution in [-0.4, -0.2) is 14.7 Å². The summed E-state index contributed by atoms with van der Waals surface area (Å²) in [5.41, 5.74) is 1.04. The van der Waals surface area contributed by atoms with Gasteiger partial charge < -0.3 is 5.11 Å². The van der Waals surface area contributed by atoms with E-state index >= 15 is 0 Å².